The number of carbonyl (C=O) groups is 2. The summed E-state index contributed by atoms with van der Waals surface area (Å²) < 4.78 is 0. The van der Waals surface area contributed by atoms with Crippen molar-refractivity contribution in [1.82, 2.24) is 10.2 Å². The zero-order valence-electron chi connectivity index (χ0n) is 13.8. The lowest BCUT2D eigenvalue weighted by Gasteiger charge is -2.37. The normalized spacial score (nSPS) is 19.3. The average Bonchev–Trinajstić information content (AvgIpc) is 2.44. The molecule has 1 heterocycles. The number of carboxylic acids is 1. The van der Waals surface area contributed by atoms with Crippen LogP contribution in [0, 0.1) is 11.3 Å². The van der Waals surface area contributed by atoms with Crippen LogP contribution in [0.4, 0.5) is 0 Å². The summed E-state index contributed by atoms with van der Waals surface area (Å²) in [6, 6.07) is 0.254. The molecular weight excluding hydrogens is 268 g/mol. The van der Waals surface area contributed by atoms with E-state index in [2.05, 4.69) is 12.2 Å². The Hall–Kier alpha value is -1.10. The summed E-state index contributed by atoms with van der Waals surface area (Å²) in [6.07, 6.45) is 2.90. The van der Waals surface area contributed by atoms with Crippen LogP contribution in [0.15, 0.2) is 0 Å². The van der Waals surface area contributed by atoms with Crippen LogP contribution in [0.1, 0.15) is 53.4 Å². The summed E-state index contributed by atoms with van der Waals surface area (Å²) in [6.45, 7) is 10.1. The molecule has 1 unspecified atom stereocenters. The first kappa shape index (κ1) is 18.0. The summed E-state index contributed by atoms with van der Waals surface area (Å²) in [5.74, 6) is -0.967. The van der Waals surface area contributed by atoms with Crippen molar-refractivity contribution in [3.8, 4) is 0 Å². The highest BCUT2D eigenvalue weighted by Gasteiger charge is 2.40. The Labute approximate surface area is 128 Å². The second-order valence-corrected chi connectivity index (χ2v) is 6.62. The molecular formula is C16H30N2O3. The van der Waals surface area contributed by atoms with Crippen molar-refractivity contribution in [3.63, 3.8) is 0 Å². The molecule has 1 saturated heterocycles. The fourth-order valence-electron chi connectivity index (χ4n) is 2.81. The van der Waals surface area contributed by atoms with Gasteiger partial charge in [0, 0.05) is 19.0 Å². The quantitative estimate of drug-likeness (QED) is 0.755. The van der Waals surface area contributed by atoms with E-state index in [-0.39, 0.29) is 24.3 Å². The van der Waals surface area contributed by atoms with E-state index < -0.39 is 11.4 Å². The maximum absolute atomic E-state index is 12.7. The van der Waals surface area contributed by atoms with Crippen molar-refractivity contribution in [3.05, 3.63) is 0 Å². The van der Waals surface area contributed by atoms with Crippen molar-refractivity contribution in [2.75, 3.05) is 19.6 Å². The van der Waals surface area contributed by atoms with Crippen LogP contribution in [0.3, 0.4) is 0 Å². The van der Waals surface area contributed by atoms with Crippen LogP contribution in [0.2, 0.25) is 0 Å². The lowest BCUT2D eigenvalue weighted by molar-refractivity contribution is -0.156. The first-order valence-corrected chi connectivity index (χ1v) is 8.06. The van der Waals surface area contributed by atoms with E-state index in [1.165, 1.54) is 0 Å². The average molecular weight is 298 g/mol. The maximum Gasteiger partial charge on any atom is 0.310 e. The Morgan fingerprint density at radius 1 is 1.33 bits per heavy atom. The molecule has 0 aromatic rings. The summed E-state index contributed by atoms with van der Waals surface area (Å²) in [5, 5.41) is 12.8. The molecule has 0 spiro atoms. The molecule has 1 amide bonds. The molecule has 0 bridgehead atoms. The zero-order valence-corrected chi connectivity index (χ0v) is 13.8. The third-order valence-electron chi connectivity index (χ3n) is 4.82. The molecule has 1 aliphatic heterocycles. The number of carboxylic acid groups (broad SMARTS) is 1. The summed E-state index contributed by atoms with van der Waals surface area (Å²) >= 11 is 0. The van der Waals surface area contributed by atoms with Gasteiger partial charge in [-0.25, -0.2) is 0 Å². The predicted octanol–water partition coefficient (Wildman–Crippen LogP) is 2.11. The fourth-order valence-corrected chi connectivity index (χ4v) is 2.81. The third-order valence-corrected chi connectivity index (χ3v) is 4.82. The van der Waals surface area contributed by atoms with Gasteiger partial charge in [0.1, 0.15) is 0 Å². The molecule has 1 rings (SSSR count). The van der Waals surface area contributed by atoms with E-state index in [0.717, 1.165) is 38.9 Å². The van der Waals surface area contributed by atoms with Crippen LogP contribution in [0.5, 0.6) is 0 Å². The van der Waals surface area contributed by atoms with Crippen molar-refractivity contribution in [2.45, 2.75) is 59.4 Å². The van der Waals surface area contributed by atoms with E-state index in [1.807, 2.05) is 18.7 Å². The third kappa shape index (κ3) is 4.43. The number of piperidine rings is 1. The molecule has 1 atom stereocenters. The highest BCUT2D eigenvalue weighted by atomic mass is 16.4. The first-order chi connectivity index (χ1) is 9.82. The Kier molecular flexibility index (Phi) is 6.65. The fraction of sp³-hybridized carbons (Fsp3) is 0.875. The van der Waals surface area contributed by atoms with Gasteiger partial charge in [0.05, 0.1) is 5.41 Å². The predicted molar refractivity (Wildman–Crippen MR) is 83.1 cm³/mol. The molecule has 2 N–H and O–H groups in total. The second-order valence-electron chi connectivity index (χ2n) is 6.62. The van der Waals surface area contributed by atoms with E-state index in [4.69, 9.17) is 0 Å². The minimum atomic E-state index is -0.990. The van der Waals surface area contributed by atoms with Crippen LogP contribution in [-0.2, 0) is 9.59 Å². The molecule has 122 valence electrons. The van der Waals surface area contributed by atoms with E-state index >= 15 is 0 Å². The number of nitrogens with one attached hydrogen (secondary N) is 1. The van der Waals surface area contributed by atoms with Crippen LogP contribution in [-0.4, -0.2) is 47.6 Å². The topological polar surface area (TPSA) is 69.6 Å². The number of amides is 1. The van der Waals surface area contributed by atoms with Crippen molar-refractivity contribution in [1.29, 1.82) is 0 Å². The van der Waals surface area contributed by atoms with Gasteiger partial charge < -0.3 is 15.3 Å². The summed E-state index contributed by atoms with van der Waals surface area (Å²) in [7, 11) is 0. The Balaban J connectivity index is 2.82. The zero-order chi connectivity index (χ0) is 16.0. The molecule has 0 aromatic heterocycles. The molecule has 1 fully saturated rings. The van der Waals surface area contributed by atoms with Crippen LogP contribution < -0.4 is 5.32 Å². The number of hydrogen-bond acceptors (Lipinski definition) is 3. The van der Waals surface area contributed by atoms with E-state index in [9.17, 15) is 14.7 Å². The van der Waals surface area contributed by atoms with Gasteiger partial charge in [0.2, 0.25) is 5.91 Å². The van der Waals surface area contributed by atoms with E-state index in [0.29, 0.717) is 0 Å². The minimum absolute atomic E-state index is 0.0117. The van der Waals surface area contributed by atoms with Gasteiger partial charge in [-0.3, -0.25) is 9.59 Å². The minimum Gasteiger partial charge on any atom is -0.481 e. The summed E-state index contributed by atoms with van der Waals surface area (Å²) in [5.41, 5.74) is -0.990. The van der Waals surface area contributed by atoms with Gasteiger partial charge >= 0.3 is 5.97 Å². The Morgan fingerprint density at radius 2 is 1.90 bits per heavy atom. The standard InChI is InChI=1S/C16H30N2O3/c1-5-10-18(13-6-8-17-9-7-13)14(19)11-16(4,12(2)3)15(20)21/h12-13,17H,5-11H2,1-4H3,(H,20,21). The van der Waals surface area contributed by atoms with Crippen molar-refractivity contribution < 1.29 is 14.7 Å². The van der Waals surface area contributed by atoms with Gasteiger partial charge in [0.15, 0.2) is 0 Å². The van der Waals surface area contributed by atoms with E-state index in [1.54, 1.807) is 6.92 Å². The number of aliphatic carboxylic acids is 1. The molecule has 0 aliphatic carbocycles. The van der Waals surface area contributed by atoms with Gasteiger partial charge in [-0.05, 0) is 45.2 Å². The molecule has 21 heavy (non-hydrogen) atoms. The summed E-state index contributed by atoms with van der Waals surface area (Å²) in [4.78, 5) is 26.2. The highest BCUT2D eigenvalue weighted by Crippen LogP contribution is 2.32. The molecule has 0 saturated carbocycles. The molecule has 5 heteroatoms. The van der Waals surface area contributed by atoms with Gasteiger partial charge in [-0.2, -0.15) is 0 Å². The number of rotatable bonds is 7. The molecule has 0 radical (unpaired) electrons. The van der Waals surface area contributed by atoms with Crippen molar-refractivity contribution >= 4 is 11.9 Å². The molecule has 5 nitrogen and oxygen atoms in total. The first-order valence-electron chi connectivity index (χ1n) is 8.06. The van der Waals surface area contributed by atoms with Gasteiger partial charge in [0.25, 0.3) is 0 Å². The Morgan fingerprint density at radius 3 is 2.33 bits per heavy atom. The maximum atomic E-state index is 12.7. The second kappa shape index (κ2) is 7.78. The van der Waals surface area contributed by atoms with Gasteiger partial charge in [-0.15, -0.1) is 0 Å². The largest absolute Gasteiger partial charge is 0.481 e. The molecule has 1 aliphatic rings. The lowest BCUT2D eigenvalue weighted by Crippen LogP contribution is -2.49. The van der Waals surface area contributed by atoms with Crippen molar-refractivity contribution in [2.24, 2.45) is 11.3 Å². The van der Waals surface area contributed by atoms with Crippen LogP contribution >= 0.6 is 0 Å². The molecule has 0 aromatic carbocycles. The Bertz CT molecular complexity index is 365. The number of carbonyl (C=O) groups excluding carboxylic acids is 1. The SMILES string of the molecule is CCCN(C(=O)CC(C)(C(=O)O)C(C)C)C1CCNCC1. The number of hydrogen-bond donors (Lipinski definition) is 2. The lowest BCUT2D eigenvalue weighted by atomic mass is 9.76. The monoisotopic (exact) mass is 298 g/mol. The van der Waals surface area contributed by atoms with Gasteiger partial charge in [-0.1, -0.05) is 20.8 Å². The van der Waals surface area contributed by atoms with Crippen LogP contribution in [0.25, 0.3) is 0 Å². The highest BCUT2D eigenvalue weighted by molar-refractivity contribution is 5.85. The number of nitrogens with zero attached hydrogens (tertiary/aromatic N) is 1. The smallest absolute Gasteiger partial charge is 0.310 e.